The third kappa shape index (κ3) is 21.6. The zero-order chi connectivity index (χ0) is 103. The predicted octanol–water partition coefficient (Wildman–Crippen LogP) is 17.6. The van der Waals surface area contributed by atoms with Gasteiger partial charge in [-0.1, -0.05) is 291 Å². The molecule has 13 aromatic rings. The maximum absolute atomic E-state index is 13.9. The molecule has 5 atom stereocenters. The molecule has 5 fully saturated rings. The Morgan fingerprint density at radius 1 is 0.456 bits per heavy atom. The largest absolute Gasteiger partial charge is 0.379 e. The number of benzene rings is 11. The number of hydrogen-bond donors (Lipinski definition) is 6. The van der Waals surface area contributed by atoms with Crippen molar-refractivity contribution in [2.75, 3.05) is 73.1 Å². The number of nitrogens with two attached hydrogens (primary N) is 4. The van der Waals surface area contributed by atoms with E-state index in [1.165, 1.54) is 52.3 Å². The van der Waals surface area contributed by atoms with Crippen LogP contribution in [0.25, 0.3) is 43.8 Å². The average Bonchev–Trinajstić information content (AvgIpc) is 1.55. The number of ether oxygens (including phenoxy) is 1. The fourth-order valence-electron chi connectivity index (χ4n) is 21.0. The summed E-state index contributed by atoms with van der Waals surface area (Å²) in [6, 6.07) is 98.7. The first-order chi connectivity index (χ1) is 71.1. The molecule has 2 aliphatic carbocycles. The lowest BCUT2D eigenvalue weighted by molar-refractivity contribution is -0.134. The van der Waals surface area contributed by atoms with Gasteiger partial charge in [-0.25, -0.2) is 43.1 Å². The van der Waals surface area contributed by atoms with Crippen molar-refractivity contribution in [2.45, 2.75) is 123 Å². The van der Waals surface area contributed by atoms with E-state index in [1.54, 1.807) is 73.5 Å². The monoisotopic (exact) mass is 2040 g/mol. The van der Waals surface area contributed by atoms with Crippen molar-refractivity contribution in [3.05, 3.63) is 388 Å². The molecule has 7 aliphatic heterocycles. The van der Waals surface area contributed by atoms with Crippen LogP contribution in [0.3, 0.4) is 0 Å². The van der Waals surface area contributed by atoms with E-state index in [2.05, 4.69) is 94.1 Å². The van der Waals surface area contributed by atoms with Crippen molar-refractivity contribution in [2.24, 2.45) is 54.7 Å². The molecule has 22 rings (SSSR count). The van der Waals surface area contributed by atoms with E-state index in [0.29, 0.717) is 58.8 Å². The van der Waals surface area contributed by atoms with Gasteiger partial charge in [-0.3, -0.25) is 63.7 Å². The molecule has 9 heterocycles. The van der Waals surface area contributed by atoms with Gasteiger partial charge in [-0.05, 0) is 203 Å². The fourth-order valence-corrected chi connectivity index (χ4v) is 23.5. The smallest absolute Gasteiger partial charge is 0.267 e. The van der Waals surface area contributed by atoms with Crippen molar-refractivity contribution >= 4 is 104 Å². The van der Waals surface area contributed by atoms with Crippen molar-refractivity contribution in [3.8, 4) is 43.8 Å². The molecule has 752 valence electrons. The number of carbonyl (C=O) groups excluding carboxylic acids is 5. The number of nitrogens with one attached hydrogen (secondary N) is 2. The summed E-state index contributed by atoms with van der Waals surface area (Å²) in [6.07, 6.45) is 14.4. The Hall–Kier alpha value is -14.5. The number of carbonyl (C=O) groups is 5. The Kier molecular flexibility index (Phi) is 31.0. The van der Waals surface area contributed by atoms with Gasteiger partial charge in [0.05, 0.1) is 23.5 Å². The first-order valence-electron chi connectivity index (χ1n) is 49.7. The minimum absolute atomic E-state index is 0.0604. The second-order valence-electron chi connectivity index (χ2n) is 38.7. The maximum Gasteiger partial charge on any atom is 0.267 e. The number of aromatic nitrogens is 2. The van der Waals surface area contributed by atoms with Crippen LogP contribution in [0.1, 0.15) is 121 Å². The summed E-state index contributed by atoms with van der Waals surface area (Å²) in [5.74, 6) is 1.92. The van der Waals surface area contributed by atoms with E-state index < -0.39 is 37.6 Å². The van der Waals surface area contributed by atoms with Crippen molar-refractivity contribution < 1.29 is 37.1 Å². The van der Waals surface area contributed by atoms with Crippen molar-refractivity contribution in [3.63, 3.8) is 0 Å². The average molecular weight is 2040 g/mol. The van der Waals surface area contributed by atoms with Gasteiger partial charge < -0.3 is 27.7 Å². The van der Waals surface area contributed by atoms with E-state index in [-0.39, 0.29) is 64.9 Å². The Morgan fingerprint density at radius 2 is 0.946 bits per heavy atom. The van der Waals surface area contributed by atoms with Gasteiger partial charge in [0.1, 0.15) is 12.2 Å². The predicted molar refractivity (Wildman–Crippen MR) is 580 cm³/mol. The summed E-state index contributed by atoms with van der Waals surface area (Å²) in [6.45, 7) is 11.7. The van der Waals surface area contributed by atoms with Crippen molar-refractivity contribution in [1.82, 2.24) is 49.0 Å². The lowest BCUT2D eigenvalue weighted by Gasteiger charge is -2.33. The zero-order valence-corrected chi connectivity index (χ0v) is 85.7. The number of amides is 5. The molecule has 0 radical (unpaired) electrons. The summed E-state index contributed by atoms with van der Waals surface area (Å²) in [4.78, 5) is 108. The highest BCUT2D eigenvalue weighted by atomic mass is 35.5. The van der Waals surface area contributed by atoms with Gasteiger partial charge in [0.25, 0.3) is 23.6 Å². The second kappa shape index (κ2) is 44.4. The molecule has 27 nitrogen and oxygen atoms in total. The van der Waals surface area contributed by atoms with E-state index in [4.69, 9.17) is 61.3 Å². The molecule has 11 aromatic carbocycles. The van der Waals surface area contributed by atoms with Gasteiger partial charge in [-0.2, -0.15) is 0 Å². The maximum atomic E-state index is 13.9. The van der Waals surface area contributed by atoms with Crippen LogP contribution < -0.4 is 27.7 Å². The number of guanidine groups is 4. The number of likely N-dealkylation sites (N-methyl/N-ethyl adjacent to an activating group) is 2. The molecule has 5 amide bonds. The first kappa shape index (κ1) is 102. The topological polar surface area (TPSA) is 367 Å². The lowest BCUT2D eigenvalue weighted by Crippen LogP contribution is -2.48. The fraction of sp³-hybridized carbons (Fsp3) is 0.276. The normalized spacial score (nSPS) is 21.5. The Balaban J connectivity index is 0.000000121. The third-order valence-corrected chi connectivity index (χ3v) is 32.3. The number of likely N-dealkylation sites (tertiary alicyclic amines) is 2. The van der Waals surface area contributed by atoms with Gasteiger partial charge >= 0.3 is 0 Å². The number of rotatable bonds is 24. The van der Waals surface area contributed by atoms with Crippen LogP contribution in [-0.4, -0.2) is 191 Å². The number of aliphatic imine (C=N–C) groups is 4. The summed E-state index contributed by atoms with van der Waals surface area (Å²) < 4.78 is 33.3. The zero-order valence-electron chi connectivity index (χ0n) is 82.5. The second-order valence-corrected chi connectivity index (χ2v) is 42.4. The molecule has 0 spiro atoms. The number of thiophene rings is 1. The van der Waals surface area contributed by atoms with Crippen LogP contribution >= 0.6 is 34.5 Å². The number of hydrogen-bond acceptors (Lipinski definition) is 22. The molecular weight excluding hydrogens is 1920 g/mol. The molecule has 31 heteroatoms. The number of morpholine rings is 1. The Bertz CT molecular complexity index is 7210. The number of sulfonamides is 1. The molecule has 10 N–H and O–H groups in total. The van der Waals surface area contributed by atoms with E-state index in [0.717, 1.165) is 167 Å². The van der Waals surface area contributed by atoms with Crippen LogP contribution in [0.4, 0.5) is 0 Å². The summed E-state index contributed by atoms with van der Waals surface area (Å²) in [7, 11) is -0.394. The molecule has 2 aromatic heterocycles. The molecule has 2 saturated carbocycles. The minimum Gasteiger partial charge on any atom is -0.379 e. The van der Waals surface area contributed by atoms with Crippen LogP contribution in [0, 0.1) is 17.2 Å². The summed E-state index contributed by atoms with van der Waals surface area (Å²) in [5, 5.41) is 10.1. The van der Waals surface area contributed by atoms with Gasteiger partial charge in [-0.15, -0.1) is 11.3 Å². The molecule has 0 bridgehead atoms. The number of halogens is 2. The number of amidine groups is 1. The van der Waals surface area contributed by atoms with Crippen LogP contribution in [0.15, 0.2) is 353 Å². The minimum atomic E-state index is -3.64. The highest BCUT2D eigenvalue weighted by Gasteiger charge is 2.61. The SMILES string of the molecule is CC1(c2cccc(-c3cccc(Cl)c3)c2)N=C(N)N(C[C@H]2CCN(Cc3ccccc3)C2)C1=O.CN1C(=O)C(C)(c2cccc(-c3ccccc3CNS(=O)(=O)c3ccccc3)c2)N=C1N.CN1C(=O)C(c2ccccc2)(c2ccc(-c3cncnc3)s2)N=C1N.N=C1CC(c2cccc(-c3cccc(Cl)c3)c2)(C2CC2)C(=O)N1C1CCCCC1.NC1=NC(c2ccccc2)(c2ccccc2)C(=O)N1CCN1CCOCC1. The van der Waals surface area contributed by atoms with Crippen LogP contribution in [0.5, 0.6) is 0 Å². The van der Waals surface area contributed by atoms with Gasteiger partial charge in [0.15, 0.2) is 40.5 Å². The van der Waals surface area contributed by atoms with Crippen molar-refractivity contribution in [1.29, 1.82) is 5.41 Å². The standard InChI is InChI=1S/C28H29ClN4O.C25H27ClN2O.C24H24N4O3S.C21H24N4O2.C18H15N5OS/c1-28(24-11-5-9-22(15-24)23-10-6-12-25(29)16-23)26(34)33(27(30)31-28)19-21-13-14-32(18-21)17-20-7-3-2-4-8-20;26-21-9-5-7-18(15-21)17-6-4-8-20(14-17)25(19-12-13-19)16-23(27)28(24(25)29)22-10-2-1-3-11-22;1-24(22(29)28(2)23(25)27-24)19-11-8-10-17(15-19)21-14-7-6-9-18(21)16-26-32(30,31)20-12-4-3-5-13-20;22-20-23-21(17-7-3-1-4-8-17,18-9-5-2-6-10-18)19(26)25(20)12-11-24-13-15-27-16-14-24;1-23-16(24)18(22-17(23)19,13-5-3-2-4-6-13)15-8-7-14(25-15)12-9-20-11-21-10-12/h2-12,15-16,21H,13-14,17-19H2,1H3,(H2,30,31);4-9,14-15,19,22,27H,1-3,10-13,16H2;3-15,26H,16H2,1-2H3,(H2,25,27);1-10H,11-16H2,(H2,22,23);2-11H,1H3,(H2,19,22)/t21-,28?;;;;/m0..../s1. The lowest BCUT2D eigenvalue weighted by atomic mass is 9.73. The van der Waals surface area contributed by atoms with E-state index >= 15 is 0 Å². The molecule has 4 unspecified atom stereocenters. The highest BCUT2D eigenvalue weighted by Crippen LogP contribution is 2.56. The van der Waals surface area contributed by atoms with Gasteiger partial charge in [0, 0.05) is 117 Å². The van der Waals surface area contributed by atoms with Crippen LogP contribution in [0.2, 0.25) is 10.0 Å². The molecule has 147 heavy (non-hydrogen) atoms. The van der Waals surface area contributed by atoms with E-state index in [1.807, 2.05) is 236 Å². The Labute approximate surface area is 871 Å². The Morgan fingerprint density at radius 3 is 1.52 bits per heavy atom. The summed E-state index contributed by atoms with van der Waals surface area (Å²) in [5.41, 5.74) is 33.4. The van der Waals surface area contributed by atoms with Gasteiger partial charge in [0.2, 0.25) is 21.5 Å². The molecule has 3 saturated heterocycles. The molecular formula is C116H119Cl2N19O8S2. The number of nitrogens with zero attached hydrogens (tertiary/aromatic N) is 13. The summed E-state index contributed by atoms with van der Waals surface area (Å²) >= 11 is 13.9. The molecule has 9 aliphatic rings. The first-order valence-corrected chi connectivity index (χ1v) is 52.7. The quantitative estimate of drug-likeness (QED) is 0.0327. The van der Waals surface area contributed by atoms with Crippen LogP contribution in [-0.2, 0) is 79.4 Å². The highest BCUT2D eigenvalue weighted by molar-refractivity contribution is 7.89. The van der Waals surface area contributed by atoms with E-state index in [9.17, 15) is 32.4 Å². The third-order valence-electron chi connectivity index (χ3n) is 29.1.